The number of anilines is 1. The number of amides is 2. The van der Waals surface area contributed by atoms with E-state index in [4.69, 9.17) is 11.6 Å². The van der Waals surface area contributed by atoms with Crippen molar-refractivity contribution in [3.05, 3.63) is 23.0 Å². The van der Waals surface area contributed by atoms with Crippen molar-refractivity contribution < 1.29 is 9.59 Å². The zero-order chi connectivity index (χ0) is 13.1. The van der Waals surface area contributed by atoms with Crippen LogP contribution in [0.2, 0.25) is 5.15 Å². The average molecular weight is 269 g/mol. The van der Waals surface area contributed by atoms with Gasteiger partial charge in [0, 0.05) is 6.54 Å². The number of piperazine rings is 1. The first-order chi connectivity index (χ1) is 8.56. The molecule has 1 unspecified atom stereocenters. The summed E-state index contributed by atoms with van der Waals surface area (Å²) in [5, 5.41) is 8.60. The predicted octanol–water partition coefficient (Wildman–Crippen LogP) is 0.0699. The number of carbonyl (C=O) groups is 2. The molecule has 1 atom stereocenters. The molecule has 96 valence electrons. The number of hydrogen-bond acceptors (Lipinski definition) is 4. The molecule has 2 amide bonds. The molecule has 0 bridgehead atoms. The van der Waals surface area contributed by atoms with Crippen molar-refractivity contribution in [2.45, 2.75) is 13.0 Å². The molecule has 7 heteroatoms. The summed E-state index contributed by atoms with van der Waals surface area (Å²) in [4.78, 5) is 26.9. The molecule has 3 N–H and O–H groups in total. The number of pyridine rings is 1. The molecule has 1 saturated heterocycles. The van der Waals surface area contributed by atoms with Gasteiger partial charge in [0.2, 0.25) is 11.8 Å². The van der Waals surface area contributed by atoms with Crippen LogP contribution >= 0.6 is 11.6 Å². The Kier molecular flexibility index (Phi) is 3.78. The Hall–Kier alpha value is -1.66. The summed E-state index contributed by atoms with van der Waals surface area (Å²) in [6.07, 6.45) is 0. The van der Waals surface area contributed by atoms with Gasteiger partial charge in [0.15, 0.2) is 0 Å². The molecule has 1 aliphatic heterocycles. The van der Waals surface area contributed by atoms with Crippen LogP contribution < -0.4 is 16.0 Å². The number of rotatable bonds is 2. The number of aryl methyl sites for hydroxylation is 1. The second kappa shape index (κ2) is 5.32. The third kappa shape index (κ3) is 2.96. The molecular weight excluding hydrogens is 256 g/mol. The van der Waals surface area contributed by atoms with Crippen LogP contribution in [-0.4, -0.2) is 35.9 Å². The minimum Gasteiger partial charge on any atom is -0.353 e. The molecule has 6 nitrogen and oxygen atoms in total. The van der Waals surface area contributed by atoms with E-state index in [0.29, 0.717) is 16.5 Å². The standard InChI is InChI=1S/C11H13ClN4O2/c1-6-7(2-3-9(12)15-6)16-11(18)8-4-14-10(17)5-13-8/h2-3,8,13H,4-5H2,1H3,(H,14,17)(H,16,18). The van der Waals surface area contributed by atoms with Gasteiger partial charge in [-0.25, -0.2) is 4.98 Å². The van der Waals surface area contributed by atoms with Crippen molar-refractivity contribution in [2.75, 3.05) is 18.4 Å². The van der Waals surface area contributed by atoms with E-state index in [-0.39, 0.29) is 24.9 Å². The van der Waals surface area contributed by atoms with Crippen molar-refractivity contribution in [3.63, 3.8) is 0 Å². The van der Waals surface area contributed by atoms with Gasteiger partial charge < -0.3 is 10.6 Å². The predicted molar refractivity (Wildman–Crippen MR) is 67.4 cm³/mol. The molecule has 1 aliphatic rings. The Morgan fingerprint density at radius 2 is 2.33 bits per heavy atom. The molecule has 2 heterocycles. The van der Waals surface area contributed by atoms with Gasteiger partial charge in [-0.3, -0.25) is 14.9 Å². The molecule has 0 spiro atoms. The van der Waals surface area contributed by atoms with E-state index >= 15 is 0 Å². The molecule has 18 heavy (non-hydrogen) atoms. The maximum atomic E-state index is 11.9. The Morgan fingerprint density at radius 1 is 1.56 bits per heavy atom. The fraction of sp³-hybridized carbons (Fsp3) is 0.364. The second-order valence-electron chi connectivity index (χ2n) is 3.99. The van der Waals surface area contributed by atoms with Gasteiger partial charge in [0.25, 0.3) is 0 Å². The summed E-state index contributed by atoms with van der Waals surface area (Å²) in [6, 6.07) is 2.88. The lowest BCUT2D eigenvalue weighted by atomic mass is 10.2. The second-order valence-corrected chi connectivity index (χ2v) is 4.38. The van der Waals surface area contributed by atoms with Crippen molar-refractivity contribution in [1.29, 1.82) is 0 Å². The van der Waals surface area contributed by atoms with Gasteiger partial charge in [-0.05, 0) is 19.1 Å². The summed E-state index contributed by atoms with van der Waals surface area (Å²) in [5.74, 6) is -0.314. The Labute approximate surface area is 109 Å². The molecule has 0 aromatic carbocycles. The molecule has 2 rings (SSSR count). The minimum absolute atomic E-state index is 0.108. The van der Waals surface area contributed by atoms with Crippen LogP contribution in [-0.2, 0) is 9.59 Å². The first kappa shape index (κ1) is 12.8. The van der Waals surface area contributed by atoms with Gasteiger partial charge in [0.05, 0.1) is 17.9 Å². The quantitative estimate of drug-likeness (QED) is 0.663. The summed E-state index contributed by atoms with van der Waals surface area (Å²) in [6.45, 7) is 2.19. The number of nitrogens with zero attached hydrogens (tertiary/aromatic N) is 1. The van der Waals surface area contributed by atoms with Gasteiger partial charge in [-0.15, -0.1) is 0 Å². The van der Waals surface area contributed by atoms with Crippen LogP contribution in [0.3, 0.4) is 0 Å². The highest BCUT2D eigenvalue weighted by Gasteiger charge is 2.24. The summed E-state index contributed by atoms with van der Waals surface area (Å²) in [5.41, 5.74) is 1.26. The molecule has 0 radical (unpaired) electrons. The van der Waals surface area contributed by atoms with Gasteiger partial charge >= 0.3 is 0 Å². The van der Waals surface area contributed by atoms with E-state index < -0.39 is 6.04 Å². The van der Waals surface area contributed by atoms with Crippen LogP contribution in [0.5, 0.6) is 0 Å². The summed E-state index contributed by atoms with van der Waals surface area (Å²) >= 11 is 5.73. The van der Waals surface area contributed by atoms with Crippen LogP contribution in [0.15, 0.2) is 12.1 Å². The molecule has 1 aromatic heterocycles. The van der Waals surface area contributed by atoms with Crippen molar-refractivity contribution >= 4 is 29.1 Å². The molecular formula is C11H13ClN4O2. The monoisotopic (exact) mass is 268 g/mol. The van der Waals surface area contributed by atoms with Crippen LogP contribution in [0.25, 0.3) is 0 Å². The minimum atomic E-state index is -0.433. The maximum absolute atomic E-state index is 11.9. The zero-order valence-corrected chi connectivity index (χ0v) is 10.5. The average Bonchev–Trinajstić information content (AvgIpc) is 2.33. The van der Waals surface area contributed by atoms with Crippen LogP contribution in [0.4, 0.5) is 5.69 Å². The zero-order valence-electron chi connectivity index (χ0n) is 9.79. The van der Waals surface area contributed by atoms with E-state index in [2.05, 4.69) is 20.9 Å². The van der Waals surface area contributed by atoms with E-state index in [1.54, 1.807) is 19.1 Å². The van der Waals surface area contributed by atoms with Crippen molar-refractivity contribution in [1.82, 2.24) is 15.6 Å². The van der Waals surface area contributed by atoms with Crippen LogP contribution in [0.1, 0.15) is 5.69 Å². The normalized spacial score (nSPS) is 19.2. The largest absolute Gasteiger partial charge is 0.353 e. The first-order valence-electron chi connectivity index (χ1n) is 5.50. The third-order valence-electron chi connectivity index (χ3n) is 2.64. The highest BCUT2D eigenvalue weighted by molar-refractivity contribution is 6.29. The maximum Gasteiger partial charge on any atom is 0.243 e. The van der Waals surface area contributed by atoms with E-state index in [1.807, 2.05) is 0 Å². The van der Waals surface area contributed by atoms with Gasteiger partial charge in [-0.1, -0.05) is 11.6 Å². The van der Waals surface area contributed by atoms with Crippen molar-refractivity contribution in [2.24, 2.45) is 0 Å². The Bertz CT molecular complexity index is 482. The smallest absolute Gasteiger partial charge is 0.243 e. The number of hydrogen-bond donors (Lipinski definition) is 3. The van der Waals surface area contributed by atoms with E-state index in [0.717, 1.165) is 0 Å². The molecule has 0 aliphatic carbocycles. The lowest BCUT2D eigenvalue weighted by Gasteiger charge is -2.23. The molecule has 1 aromatic rings. The number of halogens is 1. The lowest BCUT2D eigenvalue weighted by molar-refractivity contribution is -0.124. The van der Waals surface area contributed by atoms with Gasteiger partial charge in [0.1, 0.15) is 11.2 Å². The van der Waals surface area contributed by atoms with E-state index in [9.17, 15) is 9.59 Å². The fourth-order valence-corrected chi connectivity index (χ4v) is 1.82. The first-order valence-corrected chi connectivity index (χ1v) is 5.88. The number of aromatic nitrogens is 1. The highest BCUT2D eigenvalue weighted by atomic mass is 35.5. The van der Waals surface area contributed by atoms with Crippen molar-refractivity contribution in [3.8, 4) is 0 Å². The molecule has 0 saturated carbocycles. The highest BCUT2D eigenvalue weighted by Crippen LogP contribution is 2.15. The number of carbonyl (C=O) groups excluding carboxylic acids is 2. The molecule has 1 fully saturated rings. The summed E-state index contributed by atoms with van der Waals surface area (Å²) < 4.78 is 0. The fourth-order valence-electron chi connectivity index (χ4n) is 1.63. The topological polar surface area (TPSA) is 83.1 Å². The number of nitrogens with one attached hydrogen (secondary N) is 3. The Morgan fingerprint density at radius 3 is 2.94 bits per heavy atom. The van der Waals surface area contributed by atoms with E-state index in [1.165, 1.54) is 0 Å². The summed E-state index contributed by atoms with van der Waals surface area (Å²) in [7, 11) is 0. The lowest BCUT2D eigenvalue weighted by Crippen LogP contribution is -2.56. The third-order valence-corrected chi connectivity index (χ3v) is 2.85. The van der Waals surface area contributed by atoms with Gasteiger partial charge in [-0.2, -0.15) is 0 Å². The SMILES string of the molecule is Cc1nc(Cl)ccc1NC(=O)C1CNC(=O)CN1. The Balaban J connectivity index is 2.00. The van der Waals surface area contributed by atoms with Crippen LogP contribution in [0, 0.1) is 6.92 Å².